The number of benzene rings is 1. The predicted octanol–water partition coefficient (Wildman–Crippen LogP) is 1.12. The van der Waals surface area contributed by atoms with E-state index in [0.29, 0.717) is 25.3 Å². The Morgan fingerprint density at radius 2 is 1.89 bits per heavy atom. The summed E-state index contributed by atoms with van der Waals surface area (Å²) in [5.74, 6) is 0.546. The van der Waals surface area contributed by atoms with Crippen LogP contribution in [0.5, 0.6) is 0 Å². The first-order chi connectivity index (χ1) is 9.02. The van der Waals surface area contributed by atoms with Gasteiger partial charge in [-0.15, -0.1) is 0 Å². The van der Waals surface area contributed by atoms with Gasteiger partial charge in [-0.2, -0.15) is 0 Å². The van der Waals surface area contributed by atoms with Crippen molar-refractivity contribution in [2.24, 2.45) is 5.73 Å². The molecule has 1 aliphatic rings. The van der Waals surface area contributed by atoms with E-state index in [4.69, 9.17) is 5.73 Å². The van der Waals surface area contributed by atoms with Gasteiger partial charge >= 0.3 is 0 Å². The van der Waals surface area contributed by atoms with Gasteiger partial charge in [0.2, 0.25) is 0 Å². The standard InChI is InChI=1S/C14H22N2O2S/c1-12-3-5-13(6-4-12)14(11-15)16-7-2-9-19(17,18)10-8-16/h3-6,14H,2,7-11,15H2,1H3. The van der Waals surface area contributed by atoms with Crippen molar-refractivity contribution in [1.82, 2.24) is 4.90 Å². The summed E-state index contributed by atoms with van der Waals surface area (Å²) in [4.78, 5) is 2.20. The molecule has 0 saturated carbocycles. The highest BCUT2D eigenvalue weighted by molar-refractivity contribution is 7.91. The molecule has 1 fully saturated rings. The van der Waals surface area contributed by atoms with Crippen LogP contribution < -0.4 is 5.73 Å². The first-order valence-corrected chi connectivity index (χ1v) is 8.55. The zero-order chi connectivity index (χ0) is 13.9. The van der Waals surface area contributed by atoms with Crippen molar-refractivity contribution in [3.63, 3.8) is 0 Å². The summed E-state index contributed by atoms with van der Waals surface area (Å²) in [5.41, 5.74) is 8.30. The minimum Gasteiger partial charge on any atom is -0.329 e. The number of hydrogen-bond donors (Lipinski definition) is 1. The number of sulfone groups is 1. The lowest BCUT2D eigenvalue weighted by Crippen LogP contribution is -2.35. The summed E-state index contributed by atoms with van der Waals surface area (Å²) in [6.07, 6.45) is 0.699. The Labute approximate surface area is 115 Å². The monoisotopic (exact) mass is 282 g/mol. The Bertz CT molecular complexity index is 511. The van der Waals surface area contributed by atoms with E-state index >= 15 is 0 Å². The van der Waals surface area contributed by atoms with Crippen LogP contribution >= 0.6 is 0 Å². The molecule has 0 radical (unpaired) electrons. The average molecular weight is 282 g/mol. The highest BCUT2D eigenvalue weighted by atomic mass is 32.2. The Balaban J connectivity index is 2.15. The number of rotatable bonds is 3. The number of aryl methyl sites for hydroxylation is 1. The van der Waals surface area contributed by atoms with Gasteiger partial charge in [-0.25, -0.2) is 8.42 Å². The lowest BCUT2D eigenvalue weighted by molar-refractivity contribution is 0.218. The van der Waals surface area contributed by atoms with E-state index in [1.54, 1.807) is 0 Å². The minimum atomic E-state index is -2.87. The molecule has 1 aliphatic heterocycles. The van der Waals surface area contributed by atoms with Crippen LogP contribution in [0.25, 0.3) is 0 Å². The van der Waals surface area contributed by atoms with Gasteiger partial charge in [0.1, 0.15) is 0 Å². The molecule has 2 rings (SSSR count). The fourth-order valence-corrected chi connectivity index (χ4v) is 3.84. The van der Waals surface area contributed by atoms with Crippen molar-refractivity contribution in [2.45, 2.75) is 19.4 Å². The molecule has 0 aromatic heterocycles. The molecule has 1 unspecified atom stereocenters. The van der Waals surface area contributed by atoms with Crippen molar-refractivity contribution < 1.29 is 8.42 Å². The SMILES string of the molecule is Cc1ccc(C(CN)N2CCCS(=O)(=O)CC2)cc1. The molecule has 0 aliphatic carbocycles. The van der Waals surface area contributed by atoms with Crippen LogP contribution in [0.4, 0.5) is 0 Å². The van der Waals surface area contributed by atoms with Crippen LogP contribution in [0.15, 0.2) is 24.3 Å². The summed E-state index contributed by atoms with van der Waals surface area (Å²) < 4.78 is 23.3. The van der Waals surface area contributed by atoms with Gasteiger partial charge in [-0.3, -0.25) is 4.90 Å². The maximum Gasteiger partial charge on any atom is 0.151 e. The van der Waals surface area contributed by atoms with E-state index in [2.05, 4.69) is 36.1 Å². The lowest BCUT2D eigenvalue weighted by atomic mass is 10.0. The zero-order valence-electron chi connectivity index (χ0n) is 11.4. The zero-order valence-corrected chi connectivity index (χ0v) is 12.2. The van der Waals surface area contributed by atoms with Crippen LogP contribution in [-0.2, 0) is 9.84 Å². The Kier molecular flexibility index (Phi) is 4.60. The predicted molar refractivity (Wildman–Crippen MR) is 77.8 cm³/mol. The van der Waals surface area contributed by atoms with Gasteiger partial charge in [-0.05, 0) is 25.5 Å². The average Bonchev–Trinajstić information content (AvgIpc) is 2.54. The summed E-state index contributed by atoms with van der Waals surface area (Å²) >= 11 is 0. The molecular weight excluding hydrogens is 260 g/mol. The van der Waals surface area contributed by atoms with Crippen LogP contribution in [0.1, 0.15) is 23.6 Å². The molecule has 2 N–H and O–H groups in total. The Hall–Kier alpha value is -0.910. The van der Waals surface area contributed by atoms with Crippen LogP contribution in [0.2, 0.25) is 0 Å². The van der Waals surface area contributed by atoms with Crippen LogP contribution in [0.3, 0.4) is 0 Å². The van der Waals surface area contributed by atoms with Crippen LogP contribution in [0, 0.1) is 6.92 Å². The maximum atomic E-state index is 11.7. The summed E-state index contributed by atoms with van der Waals surface area (Å²) in [6.45, 7) is 3.95. The summed E-state index contributed by atoms with van der Waals surface area (Å²) in [5, 5.41) is 0. The second kappa shape index (κ2) is 6.03. The highest BCUT2D eigenvalue weighted by Crippen LogP contribution is 2.22. The number of nitrogens with zero attached hydrogens (tertiary/aromatic N) is 1. The third-order valence-corrected chi connectivity index (χ3v) is 5.43. The van der Waals surface area contributed by atoms with Crippen molar-refractivity contribution in [1.29, 1.82) is 0 Å². The first-order valence-electron chi connectivity index (χ1n) is 6.73. The first kappa shape index (κ1) is 14.5. The Morgan fingerprint density at radius 3 is 2.53 bits per heavy atom. The molecule has 0 spiro atoms. The summed E-state index contributed by atoms with van der Waals surface area (Å²) in [6, 6.07) is 8.45. The van der Waals surface area contributed by atoms with Crippen molar-refractivity contribution in [3.8, 4) is 0 Å². The fraction of sp³-hybridized carbons (Fsp3) is 0.571. The van der Waals surface area contributed by atoms with E-state index in [9.17, 15) is 8.42 Å². The molecule has 1 saturated heterocycles. The van der Waals surface area contributed by atoms with Crippen LogP contribution in [-0.4, -0.2) is 44.5 Å². The minimum absolute atomic E-state index is 0.119. The second-order valence-corrected chi connectivity index (χ2v) is 7.51. The normalized spacial score (nSPS) is 21.8. The smallest absolute Gasteiger partial charge is 0.151 e. The molecule has 106 valence electrons. The fourth-order valence-electron chi connectivity index (χ4n) is 2.55. The van der Waals surface area contributed by atoms with Crippen molar-refractivity contribution in [2.75, 3.05) is 31.1 Å². The highest BCUT2D eigenvalue weighted by Gasteiger charge is 2.24. The van der Waals surface area contributed by atoms with E-state index in [0.717, 1.165) is 6.54 Å². The molecule has 0 amide bonds. The largest absolute Gasteiger partial charge is 0.329 e. The van der Waals surface area contributed by atoms with Gasteiger partial charge in [0.25, 0.3) is 0 Å². The molecule has 1 aromatic rings. The van der Waals surface area contributed by atoms with E-state index < -0.39 is 9.84 Å². The van der Waals surface area contributed by atoms with Crippen molar-refractivity contribution >= 4 is 9.84 Å². The maximum absolute atomic E-state index is 11.7. The molecule has 1 heterocycles. The molecule has 4 nitrogen and oxygen atoms in total. The van der Waals surface area contributed by atoms with Gasteiger partial charge in [0, 0.05) is 19.1 Å². The van der Waals surface area contributed by atoms with E-state index in [-0.39, 0.29) is 11.8 Å². The third kappa shape index (κ3) is 3.78. The molecule has 1 atom stereocenters. The third-order valence-electron chi connectivity index (χ3n) is 3.72. The molecular formula is C14H22N2O2S. The molecule has 1 aromatic carbocycles. The topological polar surface area (TPSA) is 63.4 Å². The van der Waals surface area contributed by atoms with Gasteiger partial charge in [0.15, 0.2) is 9.84 Å². The molecule has 5 heteroatoms. The van der Waals surface area contributed by atoms with Gasteiger partial charge in [0.05, 0.1) is 11.5 Å². The Morgan fingerprint density at radius 1 is 1.21 bits per heavy atom. The van der Waals surface area contributed by atoms with E-state index in [1.165, 1.54) is 11.1 Å². The van der Waals surface area contributed by atoms with Gasteiger partial charge in [-0.1, -0.05) is 29.8 Å². The summed E-state index contributed by atoms with van der Waals surface area (Å²) in [7, 11) is -2.87. The number of hydrogen-bond acceptors (Lipinski definition) is 4. The second-order valence-electron chi connectivity index (χ2n) is 5.20. The molecule has 19 heavy (non-hydrogen) atoms. The van der Waals surface area contributed by atoms with E-state index in [1.807, 2.05) is 0 Å². The van der Waals surface area contributed by atoms with Crippen molar-refractivity contribution in [3.05, 3.63) is 35.4 Å². The van der Waals surface area contributed by atoms with Gasteiger partial charge < -0.3 is 5.73 Å². The quantitative estimate of drug-likeness (QED) is 0.902. The molecule has 0 bridgehead atoms. The lowest BCUT2D eigenvalue weighted by Gasteiger charge is -2.29. The number of nitrogens with two attached hydrogens (primary N) is 1.